The van der Waals surface area contributed by atoms with Crippen LogP contribution in [0.3, 0.4) is 0 Å². The van der Waals surface area contributed by atoms with E-state index in [1.807, 2.05) is 0 Å². The summed E-state index contributed by atoms with van der Waals surface area (Å²) in [7, 11) is -4.25. The van der Waals surface area contributed by atoms with Crippen LogP contribution in [-0.2, 0) is 14.8 Å². The van der Waals surface area contributed by atoms with E-state index in [-0.39, 0.29) is 18.7 Å². The van der Waals surface area contributed by atoms with E-state index in [0.717, 1.165) is 22.5 Å². The minimum atomic E-state index is -4.25. The second-order valence-corrected chi connectivity index (χ2v) is 6.05. The smallest absolute Gasteiger partial charge is 0.335 e. The lowest BCUT2D eigenvalue weighted by atomic mass is 10.2. The lowest BCUT2D eigenvalue weighted by molar-refractivity contribution is -0.122. The molecule has 1 aromatic rings. The van der Waals surface area contributed by atoms with Gasteiger partial charge < -0.3 is 10.4 Å². The van der Waals surface area contributed by atoms with Crippen molar-refractivity contribution in [3.05, 3.63) is 29.6 Å². The Kier molecular flexibility index (Phi) is 3.73. The molecule has 0 radical (unpaired) electrons. The Morgan fingerprint density at radius 2 is 2.10 bits per heavy atom. The lowest BCUT2D eigenvalue weighted by Crippen LogP contribution is -2.50. The number of halogens is 1. The molecular weight excluding hydrogens is 291 g/mol. The Labute approximate surface area is 114 Å². The van der Waals surface area contributed by atoms with Crippen LogP contribution in [0.5, 0.6) is 0 Å². The van der Waals surface area contributed by atoms with E-state index in [1.165, 1.54) is 0 Å². The molecule has 0 bridgehead atoms. The van der Waals surface area contributed by atoms with Gasteiger partial charge in [0.1, 0.15) is 10.7 Å². The van der Waals surface area contributed by atoms with Crippen LogP contribution >= 0.6 is 0 Å². The van der Waals surface area contributed by atoms with Gasteiger partial charge in [0.05, 0.1) is 12.1 Å². The molecule has 0 unspecified atom stereocenters. The van der Waals surface area contributed by atoms with E-state index in [4.69, 9.17) is 5.11 Å². The number of hydrogen-bond acceptors (Lipinski definition) is 4. The average molecular weight is 302 g/mol. The maximum atomic E-state index is 13.7. The molecule has 1 saturated heterocycles. The quantitative estimate of drug-likeness (QED) is 0.794. The predicted octanol–water partition coefficient (Wildman–Crippen LogP) is -0.356. The fourth-order valence-electron chi connectivity index (χ4n) is 1.79. The molecule has 1 aliphatic rings. The van der Waals surface area contributed by atoms with E-state index in [2.05, 4.69) is 5.32 Å². The third-order valence-electron chi connectivity index (χ3n) is 2.80. The number of amides is 1. The second-order valence-electron chi connectivity index (χ2n) is 4.14. The van der Waals surface area contributed by atoms with Crippen LogP contribution in [0.25, 0.3) is 0 Å². The van der Waals surface area contributed by atoms with Gasteiger partial charge in [0.15, 0.2) is 0 Å². The van der Waals surface area contributed by atoms with Gasteiger partial charge in [-0.25, -0.2) is 17.6 Å². The molecule has 0 aromatic heterocycles. The maximum absolute atomic E-state index is 13.7. The van der Waals surface area contributed by atoms with Gasteiger partial charge in [-0.1, -0.05) is 0 Å². The highest BCUT2D eigenvalue weighted by atomic mass is 32.2. The number of piperazine rings is 1. The highest BCUT2D eigenvalue weighted by Gasteiger charge is 2.31. The normalized spacial score (nSPS) is 16.8. The summed E-state index contributed by atoms with van der Waals surface area (Å²) >= 11 is 0. The van der Waals surface area contributed by atoms with Crippen molar-refractivity contribution in [3.63, 3.8) is 0 Å². The van der Waals surface area contributed by atoms with Crippen LogP contribution in [0.1, 0.15) is 10.4 Å². The van der Waals surface area contributed by atoms with Gasteiger partial charge in [0.25, 0.3) is 0 Å². The number of sulfonamides is 1. The van der Waals surface area contributed by atoms with E-state index in [9.17, 15) is 22.4 Å². The van der Waals surface area contributed by atoms with Gasteiger partial charge in [-0.2, -0.15) is 4.31 Å². The Hall–Kier alpha value is -2.00. The van der Waals surface area contributed by atoms with Crippen molar-refractivity contribution in [2.75, 3.05) is 19.6 Å². The summed E-state index contributed by atoms with van der Waals surface area (Å²) in [5.41, 5.74) is -0.341. The lowest BCUT2D eigenvalue weighted by Gasteiger charge is -2.26. The molecule has 1 heterocycles. The second kappa shape index (κ2) is 5.17. The molecule has 0 atom stereocenters. The number of benzene rings is 1. The summed E-state index contributed by atoms with van der Waals surface area (Å²) in [5, 5.41) is 11.3. The number of carboxylic acids is 1. The van der Waals surface area contributed by atoms with Crippen molar-refractivity contribution in [3.8, 4) is 0 Å². The molecule has 0 spiro atoms. The molecule has 2 N–H and O–H groups in total. The summed E-state index contributed by atoms with van der Waals surface area (Å²) in [6.07, 6.45) is 0. The first-order chi connectivity index (χ1) is 9.32. The van der Waals surface area contributed by atoms with Gasteiger partial charge in [-0.05, 0) is 18.2 Å². The zero-order valence-electron chi connectivity index (χ0n) is 10.2. The van der Waals surface area contributed by atoms with Crippen LogP contribution in [0.4, 0.5) is 4.39 Å². The molecule has 7 nitrogen and oxygen atoms in total. The van der Waals surface area contributed by atoms with Gasteiger partial charge in [-0.15, -0.1) is 0 Å². The number of carbonyl (C=O) groups is 2. The average Bonchev–Trinajstić information content (AvgIpc) is 2.38. The molecule has 9 heteroatoms. The number of nitrogens with zero attached hydrogens (tertiary/aromatic N) is 1. The third-order valence-corrected chi connectivity index (χ3v) is 4.66. The number of hydrogen-bond donors (Lipinski definition) is 2. The fraction of sp³-hybridized carbons (Fsp3) is 0.273. The summed E-state index contributed by atoms with van der Waals surface area (Å²) in [6, 6.07) is 2.50. The number of rotatable bonds is 3. The van der Waals surface area contributed by atoms with E-state index in [1.54, 1.807) is 0 Å². The van der Waals surface area contributed by atoms with Crippen molar-refractivity contribution in [1.29, 1.82) is 0 Å². The van der Waals surface area contributed by atoms with Gasteiger partial charge in [-0.3, -0.25) is 4.79 Å². The van der Waals surface area contributed by atoms with Crippen LogP contribution in [0.2, 0.25) is 0 Å². The minimum absolute atomic E-state index is 0.00477. The SMILES string of the molecule is O=C1CN(S(=O)(=O)c2cc(C(=O)O)ccc2F)CCN1. The first-order valence-electron chi connectivity index (χ1n) is 5.62. The molecule has 108 valence electrons. The van der Waals surface area contributed by atoms with Crippen molar-refractivity contribution >= 4 is 21.9 Å². The Bertz CT molecular complexity index is 673. The van der Waals surface area contributed by atoms with Crippen LogP contribution in [0, 0.1) is 5.82 Å². The molecule has 2 rings (SSSR count). The summed E-state index contributed by atoms with van der Waals surface area (Å²) in [4.78, 5) is 21.3. The number of aromatic carboxylic acids is 1. The predicted molar refractivity (Wildman–Crippen MR) is 65.1 cm³/mol. The summed E-state index contributed by atoms with van der Waals surface area (Å²) in [5.74, 6) is -2.91. The monoisotopic (exact) mass is 302 g/mol. The van der Waals surface area contributed by atoms with Crippen molar-refractivity contribution < 1.29 is 27.5 Å². The summed E-state index contributed by atoms with van der Waals surface area (Å²) in [6.45, 7) is -0.289. The van der Waals surface area contributed by atoms with Gasteiger partial charge in [0.2, 0.25) is 15.9 Å². The molecule has 0 saturated carbocycles. The molecule has 1 fully saturated rings. The Balaban J connectivity index is 2.45. The zero-order chi connectivity index (χ0) is 14.9. The number of carboxylic acid groups (broad SMARTS) is 1. The van der Waals surface area contributed by atoms with Crippen molar-refractivity contribution in [1.82, 2.24) is 9.62 Å². The highest BCUT2D eigenvalue weighted by molar-refractivity contribution is 7.89. The standard InChI is InChI=1S/C11H11FN2O5S/c12-8-2-1-7(11(16)17)5-9(8)20(18,19)14-4-3-13-10(15)6-14/h1-2,5H,3-4,6H2,(H,13,15)(H,16,17). The highest BCUT2D eigenvalue weighted by Crippen LogP contribution is 2.21. The van der Waals surface area contributed by atoms with Gasteiger partial charge in [0, 0.05) is 13.1 Å². The molecule has 1 aromatic carbocycles. The maximum Gasteiger partial charge on any atom is 0.335 e. The molecule has 0 aliphatic carbocycles. The zero-order valence-corrected chi connectivity index (χ0v) is 11.0. The fourth-order valence-corrected chi connectivity index (χ4v) is 3.28. The summed E-state index contributed by atoms with van der Waals surface area (Å²) < 4.78 is 39.0. The van der Waals surface area contributed by atoms with Crippen LogP contribution < -0.4 is 5.32 Å². The molecule has 1 amide bonds. The third kappa shape index (κ3) is 2.63. The minimum Gasteiger partial charge on any atom is -0.478 e. The van der Waals surface area contributed by atoms with Crippen molar-refractivity contribution in [2.45, 2.75) is 4.90 Å². The van der Waals surface area contributed by atoms with E-state index >= 15 is 0 Å². The van der Waals surface area contributed by atoms with Crippen LogP contribution in [0.15, 0.2) is 23.1 Å². The molecule has 20 heavy (non-hydrogen) atoms. The first kappa shape index (κ1) is 14.4. The van der Waals surface area contributed by atoms with E-state index < -0.39 is 39.2 Å². The first-order valence-corrected chi connectivity index (χ1v) is 7.06. The Morgan fingerprint density at radius 3 is 2.70 bits per heavy atom. The van der Waals surface area contributed by atoms with Gasteiger partial charge >= 0.3 is 5.97 Å². The van der Waals surface area contributed by atoms with Crippen LogP contribution in [-0.4, -0.2) is 49.3 Å². The Morgan fingerprint density at radius 1 is 1.40 bits per heavy atom. The number of carbonyl (C=O) groups excluding carboxylic acids is 1. The topological polar surface area (TPSA) is 104 Å². The van der Waals surface area contributed by atoms with Crippen molar-refractivity contribution in [2.24, 2.45) is 0 Å². The molecule has 1 aliphatic heterocycles. The largest absolute Gasteiger partial charge is 0.478 e. The van der Waals surface area contributed by atoms with E-state index in [0.29, 0.717) is 0 Å². The molecular formula is C11H11FN2O5S. The number of nitrogens with one attached hydrogen (secondary N) is 1.